The Hall–Kier alpha value is -3.01. The number of nitrogens with zero attached hydrogens (tertiary/aromatic N) is 5. The molecule has 0 unspecified atom stereocenters. The molecule has 10 heteroatoms. The number of nitrogens with one attached hydrogen (secondary N) is 1. The Kier molecular flexibility index (Phi) is 6.14. The molecule has 0 bridgehead atoms. The summed E-state index contributed by atoms with van der Waals surface area (Å²) in [4.78, 5) is 23.0. The normalized spacial score (nSPS) is 17.6. The molecule has 32 heavy (non-hydrogen) atoms. The number of halogens is 3. The Morgan fingerprint density at radius 3 is 2.62 bits per heavy atom. The predicted octanol–water partition coefficient (Wildman–Crippen LogP) is 3.72. The van der Waals surface area contributed by atoms with Gasteiger partial charge in [-0.25, -0.2) is 4.98 Å². The maximum absolute atomic E-state index is 13.7. The minimum absolute atomic E-state index is 0.114. The number of fused-ring (bicyclic) bond motifs is 1. The van der Waals surface area contributed by atoms with Crippen LogP contribution in [0.1, 0.15) is 48.1 Å². The second kappa shape index (κ2) is 8.85. The average molecular weight is 446 g/mol. The molecule has 1 atom stereocenters. The number of carbonyl (C=O) groups excluding carboxylic acids is 1. The van der Waals surface area contributed by atoms with Crippen LogP contribution in [0.25, 0.3) is 17.0 Å². The predicted molar refractivity (Wildman–Crippen MR) is 113 cm³/mol. The molecular formula is C22H25F3N6O. The number of alkyl halides is 3. The van der Waals surface area contributed by atoms with Crippen LogP contribution in [0.15, 0.2) is 30.3 Å². The lowest BCUT2D eigenvalue weighted by molar-refractivity contribution is -0.142. The van der Waals surface area contributed by atoms with Gasteiger partial charge in [0.05, 0.1) is 5.69 Å². The van der Waals surface area contributed by atoms with E-state index in [2.05, 4.69) is 32.2 Å². The van der Waals surface area contributed by atoms with E-state index in [4.69, 9.17) is 0 Å². The van der Waals surface area contributed by atoms with Gasteiger partial charge in [-0.15, -0.1) is 5.10 Å². The van der Waals surface area contributed by atoms with Gasteiger partial charge in [-0.1, -0.05) is 36.2 Å². The van der Waals surface area contributed by atoms with Gasteiger partial charge in [-0.2, -0.15) is 22.7 Å². The summed E-state index contributed by atoms with van der Waals surface area (Å²) >= 11 is 0. The summed E-state index contributed by atoms with van der Waals surface area (Å²) in [6, 6.07) is 8.35. The van der Waals surface area contributed by atoms with Gasteiger partial charge >= 0.3 is 6.18 Å². The van der Waals surface area contributed by atoms with Crippen LogP contribution in [0.3, 0.4) is 0 Å². The van der Waals surface area contributed by atoms with Crippen LogP contribution in [-0.2, 0) is 6.18 Å². The van der Waals surface area contributed by atoms with Gasteiger partial charge in [-0.05, 0) is 39.3 Å². The molecule has 0 saturated carbocycles. The summed E-state index contributed by atoms with van der Waals surface area (Å²) in [5, 5.41) is 6.52. The van der Waals surface area contributed by atoms with Crippen molar-refractivity contribution in [3.05, 3.63) is 47.4 Å². The van der Waals surface area contributed by atoms with Crippen LogP contribution in [-0.4, -0.2) is 56.1 Å². The Morgan fingerprint density at radius 1 is 1.19 bits per heavy atom. The molecule has 3 heterocycles. The third-order valence-electron chi connectivity index (χ3n) is 5.78. The molecule has 1 aliphatic heterocycles. The van der Waals surface area contributed by atoms with Gasteiger partial charge in [0, 0.05) is 24.7 Å². The first-order chi connectivity index (χ1) is 15.2. The lowest BCUT2D eigenvalue weighted by Crippen LogP contribution is -2.42. The summed E-state index contributed by atoms with van der Waals surface area (Å²) in [6.07, 6.45) is -1.24. The van der Waals surface area contributed by atoms with Crippen LogP contribution in [0.4, 0.5) is 13.2 Å². The van der Waals surface area contributed by atoms with E-state index in [1.54, 1.807) is 24.3 Å². The first-order valence-electron chi connectivity index (χ1n) is 10.7. The first-order valence-corrected chi connectivity index (χ1v) is 10.7. The van der Waals surface area contributed by atoms with Gasteiger partial charge in [0.25, 0.3) is 11.7 Å². The quantitative estimate of drug-likeness (QED) is 0.647. The fourth-order valence-electron chi connectivity index (χ4n) is 3.92. The van der Waals surface area contributed by atoms with E-state index in [0.29, 0.717) is 29.2 Å². The zero-order valence-corrected chi connectivity index (χ0v) is 18.0. The lowest BCUT2D eigenvalue weighted by atomic mass is 10.0. The maximum atomic E-state index is 13.7. The van der Waals surface area contributed by atoms with Crippen LogP contribution in [0.5, 0.6) is 0 Å². The molecular weight excluding hydrogens is 421 g/mol. The number of carbonyl (C=O) groups is 1. The average Bonchev–Trinajstić information content (AvgIpc) is 3.18. The molecule has 1 fully saturated rings. The molecule has 0 radical (unpaired) electrons. The summed E-state index contributed by atoms with van der Waals surface area (Å²) in [6.45, 7) is 6.05. The van der Waals surface area contributed by atoms with Crippen molar-refractivity contribution >= 4 is 11.7 Å². The number of piperidine rings is 1. The van der Waals surface area contributed by atoms with Crippen molar-refractivity contribution in [1.82, 2.24) is 29.8 Å². The molecule has 170 valence electrons. The zero-order chi connectivity index (χ0) is 22.9. The summed E-state index contributed by atoms with van der Waals surface area (Å²) in [5.74, 6) is -1.23. The molecule has 2 aromatic heterocycles. The van der Waals surface area contributed by atoms with Gasteiger partial charge in [0.1, 0.15) is 0 Å². The van der Waals surface area contributed by atoms with E-state index in [-0.39, 0.29) is 17.3 Å². The SMILES string of the molecule is Cc1ccc(-c2cc(C(F)(F)F)n3nc(C(=O)NCCN4CCCC[C@@H]4C)nc3n2)cc1. The van der Waals surface area contributed by atoms with E-state index in [1.165, 1.54) is 6.42 Å². The van der Waals surface area contributed by atoms with Crippen molar-refractivity contribution in [2.75, 3.05) is 19.6 Å². The molecule has 0 aliphatic carbocycles. The van der Waals surface area contributed by atoms with Gasteiger partial charge < -0.3 is 5.32 Å². The van der Waals surface area contributed by atoms with Gasteiger partial charge in [0.15, 0.2) is 5.69 Å². The molecule has 4 rings (SSSR count). The monoisotopic (exact) mass is 446 g/mol. The Balaban J connectivity index is 1.58. The van der Waals surface area contributed by atoms with Crippen molar-refractivity contribution in [2.45, 2.75) is 45.3 Å². The molecule has 3 aromatic rings. The van der Waals surface area contributed by atoms with Crippen LogP contribution in [0, 0.1) is 6.92 Å². The number of amides is 1. The molecule has 1 aromatic carbocycles. The van der Waals surface area contributed by atoms with Crippen molar-refractivity contribution in [3.8, 4) is 11.3 Å². The highest BCUT2D eigenvalue weighted by molar-refractivity contribution is 5.90. The standard InChI is InChI=1S/C22H25F3N6O/c1-14-6-8-16(9-7-14)17-13-18(22(23,24)25)31-21(27-17)28-19(29-31)20(32)26-10-12-30-11-4-3-5-15(30)2/h6-9,13,15H,3-5,10-12H2,1-2H3,(H,26,32)/t15-/m0/s1. The Morgan fingerprint density at radius 2 is 1.94 bits per heavy atom. The fourth-order valence-corrected chi connectivity index (χ4v) is 3.92. The fraction of sp³-hybridized carbons (Fsp3) is 0.455. The van der Waals surface area contributed by atoms with E-state index >= 15 is 0 Å². The number of likely N-dealkylation sites (tertiary alicyclic amines) is 1. The zero-order valence-electron chi connectivity index (χ0n) is 18.0. The van der Waals surface area contributed by atoms with Crippen LogP contribution < -0.4 is 5.32 Å². The summed E-state index contributed by atoms with van der Waals surface area (Å²) < 4.78 is 41.7. The van der Waals surface area contributed by atoms with Crippen LogP contribution >= 0.6 is 0 Å². The van der Waals surface area contributed by atoms with Crippen LogP contribution in [0.2, 0.25) is 0 Å². The van der Waals surface area contributed by atoms with Crippen molar-refractivity contribution < 1.29 is 18.0 Å². The van der Waals surface area contributed by atoms with Gasteiger partial charge in [-0.3, -0.25) is 9.69 Å². The molecule has 0 spiro atoms. The largest absolute Gasteiger partial charge is 0.433 e. The maximum Gasteiger partial charge on any atom is 0.433 e. The molecule has 1 amide bonds. The highest BCUT2D eigenvalue weighted by Gasteiger charge is 2.36. The number of aryl methyl sites for hydroxylation is 1. The minimum atomic E-state index is -4.69. The number of hydrogen-bond donors (Lipinski definition) is 1. The highest BCUT2D eigenvalue weighted by Crippen LogP contribution is 2.32. The number of rotatable bonds is 5. The highest BCUT2D eigenvalue weighted by atomic mass is 19.4. The second-order valence-corrected chi connectivity index (χ2v) is 8.17. The van der Waals surface area contributed by atoms with Crippen molar-refractivity contribution in [2.24, 2.45) is 0 Å². The van der Waals surface area contributed by atoms with E-state index in [1.807, 2.05) is 6.92 Å². The third kappa shape index (κ3) is 4.74. The number of hydrogen-bond acceptors (Lipinski definition) is 5. The van der Waals surface area contributed by atoms with Gasteiger partial charge in [0.2, 0.25) is 5.82 Å². The molecule has 1 N–H and O–H groups in total. The van der Waals surface area contributed by atoms with Crippen molar-refractivity contribution in [3.63, 3.8) is 0 Å². The first kappa shape index (κ1) is 22.2. The van der Waals surface area contributed by atoms with E-state index < -0.39 is 17.8 Å². The van der Waals surface area contributed by atoms with Crippen molar-refractivity contribution in [1.29, 1.82) is 0 Å². The number of benzene rings is 1. The molecule has 1 saturated heterocycles. The summed E-state index contributed by atoms with van der Waals surface area (Å²) in [5.41, 5.74) is 0.578. The lowest BCUT2D eigenvalue weighted by Gasteiger charge is -2.33. The smallest absolute Gasteiger partial charge is 0.348 e. The third-order valence-corrected chi connectivity index (χ3v) is 5.78. The Labute approximate surface area is 183 Å². The van der Waals surface area contributed by atoms with E-state index in [0.717, 1.165) is 31.0 Å². The topological polar surface area (TPSA) is 75.4 Å². The number of aromatic nitrogens is 4. The molecule has 1 aliphatic rings. The second-order valence-electron chi connectivity index (χ2n) is 8.17. The summed E-state index contributed by atoms with van der Waals surface area (Å²) in [7, 11) is 0. The Bertz CT molecular complexity index is 1110. The minimum Gasteiger partial charge on any atom is -0.348 e. The molecule has 7 nitrogen and oxygen atoms in total. The van der Waals surface area contributed by atoms with E-state index in [9.17, 15) is 18.0 Å².